The minimum Gasteiger partial charge on any atom is -0.477 e. The lowest BCUT2D eigenvalue weighted by molar-refractivity contribution is -0.158. The summed E-state index contributed by atoms with van der Waals surface area (Å²) in [7, 11) is 0. The zero-order valence-electron chi connectivity index (χ0n) is 14.9. The Morgan fingerprint density at radius 3 is 2.69 bits per heavy atom. The number of β-lactam (4-membered cyclic amide) rings is 1. The summed E-state index contributed by atoms with van der Waals surface area (Å²) in [5.74, 6) is -2.57. The molecule has 0 radical (unpaired) electrons. The number of hydrogen-bond donors (Lipinski definition) is 4. The van der Waals surface area contributed by atoms with E-state index in [1.165, 1.54) is 18.3 Å². The molecule has 0 spiro atoms. The second-order valence-corrected chi connectivity index (χ2v) is 8.22. The summed E-state index contributed by atoms with van der Waals surface area (Å²) in [5.41, 5.74) is 3.06. The van der Waals surface area contributed by atoms with Gasteiger partial charge in [-0.15, -0.1) is 23.1 Å². The fourth-order valence-corrected chi connectivity index (χ4v) is 5.91. The number of thioether (sulfide) groups is 1. The molecule has 2 aliphatic heterocycles. The van der Waals surface area contributed by atoms with E-state index < -0.39 is 52.5 Å². The number of carbonyl (C=O) groups is 5. The quantitative estimate of drug-likeness (QED) is 0.325. The average molecular weight is 440 g/mol. The van der Waals surface area contributed by atoms with Crippen molar-refractivity contribution >= 4 is 53.4 Å². The fourth-order valence-electron chi connectivity index (χ4n) is 3.27. The maximum absolute atomic E-state index is 13.1. The first-order valence-corrected chi connectivity index (χ1v) is 9.96. The Bertz CT molecular complexity index is 916. The number of rotatable bonds is 7. The topological polar surface area (TPSA) is 168 Å². The highest BCUT2D eigenvalue weighted by molar-refractivity contribution is 8.00. The van der Waals surface area contributed by atoms with E-state index in [-0.39, 0.29) is 5.57 Å². The third-order valence-corrected chi connectivity index (χ3v) is 6.89. The van der Waals surface area contributed by atoms with Crippen molar-refractivity contribution < 1.29 is 33.8 Å². The molecular weight excluding hydrogens is 424 g/mol. The molecule has 5 N–H and O–H groups in total. The normalized spacial score (nSPS) is 25.6. The molecule has 13 heteroatoms. The molecule has 0 bridgehead atoms. The third-order valence-electron chi connectivity index (χ3n) is 4.39. The molecule has 1 saturated heterocycles. The van der Waals surface area contributed by atoms with Crippen LogP contribution < -0.4 is 16.4 Å². The number of aliphatic carboxylic acids is 1. The minimum atomic E-state index is -1.48. The summed E-state index contributed by atoms with van der Waals surface area (Å²) >= 11 is 2.27. The SMILES string of the molecule is CC(=O)NC1S[C@H]2N(C(=O)[C@@]2(NC=O)c2cccs2)C(C(=O)O)=C1COC(N)=O. The van der Waals surface area contributed by atoms with Gasteiger partial charge in [-0.3, -0.25) is 19.3 Å². The van der Waals surface area contributed by atoms with Crippen molar-refractivity contribution in [3.63, 3.8) is 0 Å². The van der Waals surface area contributed by atoms with Crippen LogP contribution in [0.5, 0.6) is 0 Å². The van der Waals surface area contributed by atoms with Crippen LogP contribution in [-0.4, -0.2) is 57.6 Å². The summed E-state index contributed by atoms with van der Waals surface area (Å²) in [6.45, 7) is 0.709. The number of carboxylic acid groups (broad SMARTS) is 1. The summed E-state index contributed by atoms with van der Waals surface area (Å²) in [6.07, 6.45) is -0.764. The predicted octanol–water partition coefficient (Wildman–Crippen LogP) is -0.499. The lowest BCUT2D eigenvalue weighted by atomic mass is 9.84. The van der Waals surface area contributed by atoms with Crippen LogP contribution in [0.2, 0.25) is 0 Å². The lowest BCUT2D eigenvalue weighted by Crippen LogP contribution is -2.77. The Kier molecular flexibility index (Phi) is 5.53. The molecule has 3 rings (SSSR count). The van der Waals surface area contributed by atoms with Crippen molar-refractivity contribution in [3.05, 3.63) is 33.7 Å². The van der Waals surface area contributed by atoms with Crippen LogP contribution in [-0.2, 0) is 29.5 Å². The highest BCUT2D eigenvalue weighted by atomic mass is 32.2. The highest BCUT2D eigenvalue weighted by Crippen LogP contribution is 2.53. The molecule has 0 saturated carbocycles. The zero-order chi connectivity index (χ0) is 21.3. The van der Waals surface area contributed by atoms with Crippen LogP contribution in [0.4, 0.5) is 4.79 Å². The van der Waals surface area contributed by atoms with Gasteiger partial charge in [-0.25, -0.2) is 9.59 Å². The molecule has 3 heterocycles. The predicted molar refractivity (Wildman–Crippen MR) is 101 cm³/mol. The monoisotopic (exact) mass is 440 g/mol. The number of hydrogen-bond acceptors (Lipinski definition) is 8. The van der Waals surface area contributed by atoms with Crippen molar-refractivity contribution in [2.75, 3.05) is 6.61 Å². The van der Waals surface area contributed by atoms with E-state index in [9.17, 15) is 29.1 Å². The average Bonchev–Trinajstić information content (AvgIpc) is 3.17. The van der Waals surface area contributed by atoms with Crippen molar-refractivity contribution in [1.29, 1.82) is 0 Å². The van der Waals surface area contributed by atoms with E-state index in [1.54, 1.807) is 17.5 Å². The second-order valence-electron chi connectivity index (χ2n) is 6.08. The van der Waals surface area contributed by atoms with E-state index >= 15 is 0 Å². The van der Waals surface area contributed by atoms with Gasteiger partial charge in [0.25, 0.3) is 5.91 Å². The first-order valence-electron chi connectivity index (χ1n) is 8.14. The van der Waals surface area contributed by atoms with Crippen molar-refractivity contribution in [2.45, 2.75) is 23.2 Å². The van der Waals surface area contributed by atoms with Crippen LogP contribution in [0.1, 0.15) is 11.8 Å². The summed E-state index contributed by atoms with van der Waals surface area (Å²) in [5, 5.41) is 14.8. The molecule has 0 aliphatic carbocycles. The number of carbonyl (C=O) groups excluding carboxylic acids is 4. The van der Waals surface area contributed by atoms with Gasteiger partial charge >= 0.3 is 12.1 Å². The Hall–Kier alpha value is -3.06. The van der Waals surface area contributed by atoms with E-state index in [1.807, 2.05) is 0 Å². The molecule has 1 unspecified atom stereocenters. The van der Waals surface area contributed by atoms with E-state index in [4.69, 9.17) is 10.5 Å². The lowest BCUT2D eigenvalue weighted by Gasteiger charge is -2.57. The van der Waals surface area contributed by atoms with Crippen LogP contribution in [0, 0.1) is 0 Å². The van der Waals surface area contributed by atoms with Gasteiger partial charge in [0.05, 0.1) is 0 Å². The maximum Gasteiger partial charge on any atom is 0.404 e. The van der Waals surface area contributed by atoms with Gasteiger partial charge in [0.15, 0.2) is 5.54 Å². The van der Waals surface area contributed by atoms with Crippen LogP contribution in [0.3, 0.4) is 0 Å². The third kappa shape index (κ3) is 3.31. The Morgan fingerprint density at radius 1 is 1.45 bits per heavy atom. The number of ether oxygens (including phenoxy) is 1. The number of carboxylic acids is 1. The van der Waals surface area contributed by atoms with Crippen LogP contribution in [0.15, 0.2) is 28.8 Å². The number of nitrogens with two attached hydrogens (primary N) is 1. The summed E-state index contributed by atoms with van der Waals surface area (Å²) in [4.78, 5) is 60.6. The van der Waals surface area contributed by atoms with Gasteiger partial charge in [0.2, 0.25) is 12.3 Å². The second kappa shape index (κ2) is 7.75. The molecule has 29 heavy (non-hydrogen) atoms. The smallest absolute Gasteiger partial charge is 0.404 e. The minimum absolute atomic E-state index is 0.00742. The largest absolute Gasteiger partial charge is 0.477 e. The Balaban J connectivity index is 2.12. The molecule has 3 atom stereocenters. The number of primary amides is 1. The molecule has 2 aliphatic rings. The molecule has 154 valence electrons. The molecule has 1 aromatic heterocycles. The van der Waals surface area contributed by atoms with Crippen molar-refractivity contribution in [3.8, 4) is 0 Å². The molecule has 1 aromatic rings. The molecule has 1 fully saturated rings. The fraction of sp³-hybridized carbons (Fsp3) is 0.312. The molecular formula is C16H16N4O7S2. The number of nitrogens with zero attached hydrogens (tertiary/aromatic N) is 1. The Morgan fingerprint density at radius 2 is 2.17 bits per heavy atom. The maximum atomic E-state index is 13.1. The number of fused-ring (bicyclic) bond motifs is 1. The number of nitrogens with one attached hydrogen (secondary N) is 2. The van der Waals surface area contributed by atoms with Gasteiger partial charge < -0.3 is 26.2 Å². The van der Waals surface area contributed by atoms with Gasteiger partial charge in [0.1, 0.15) is 23.1 Å². The highest BCUT2D eigenvalue weighted by Gasteiger charge is 2.67. The Labute approximate surface area is 172 Å². The van der Waals surface area contributed by atoms with Gasteiger partial charge in [-0.05, 0) is 11.4 Å². The first-order chi connectivity index (χ1) is 13.7. The standard InChI is InChI=1S/C16H16N4O7S2/c1-7(22)19-11-8(5-27-15(17)26)10(12(23)24)20-13(25)16(18-6-21,14(20)29-11)9-3-2-4-28-9/h2-4,6,11,14H,5H2,1H3,(H2,17,26)(H,18,21)(H,19,22)(H,23,24)/t11?,14-,16+/m1/s1. The van der Waals surface area contributed by atoms with Crippen molar-refractivity contribution in [1.82, 2.24) is 15.5 Å². The van der Waals surface area contributed by atoms with E-state index in [0.29, 0.717) is 11.3 Å². The van der Waals surface area contributed by atoms with Gasteiger partial charge in [-0.2, -0.15) is 0 Å². The first kappa shape index (κ1) is 20.7. The molecule has 0 aromatic carbocycles. The van der Waals surface area contributed by atoms with Gasteiger partial charge in [-0.1, -0.05) is 6.07 Å². The number of amides is 4. The zero-order valence-corrected chi connectivity index (χ0v) is 16.5. The number of thiophene rings is 1. The van der Waals surface area contributed by atoms with E-state index in [2.05, 4.69) is 10.6 Å². The van der Waals surface area contributed by atoms with Crippen LogP contribution in [0.25, 0.3) is 0 Å². The summed E-state index contributed by atoms with van der Waals surface area (Å²) < 4.78 is 4.73. The molecule has 4 amide bonds. The van der Waals surface area contributed by atoms with Gasteiger partial charge in [0, 0.05) is 17.4 Å². The van der Waals surface area contributed by atoms with E-state index in [0.717, 1.165) is 16.7 Å². The summed E-state index contributed by atoms with van der Waals surface area (Å²) in [6, 6.07) is 3.35. The molecule has 11 nitrogen and oxygen atoms in total. The van der Waals surface area contributed by atoms with Crippen molar-refractivity contribution in [2.24, 2.45) is 5.73 Å². The van der Waals surface area contributed by atoms with Crippen LogP contribution >= 0.6 is 23.1 Å².